The van der Waals surface area contributed by atoms with Crippen LogP contribution in [0.4, 0.5) is 0 Å². The summed E-state index contributed by atoms with van der Waals surface area (Å²) in [7, 11) is 1.89. The predicted octanol–water partition coefficient (Wildman–Crippen LogP) is 0.840. The maximum absolute atomic E-state index is 12.2. The minimum atomic E-state index is -0.182. The fourth-order valence-corrected chi connectivity index (χ4v) is 2.26. The summed E-state index contributed by atoms with van der Waals surface area (Å²) in [5, 5.41) is 7.52. The van der Waals surface area contributed by atoms with Gasteiger partial charge in [-0.1, -0.05) is 6.92 Å². The molecular formula is C12H19N3O. The van der Waals surface area contributed by atoms with Gasteiger partial charge in [0, 0.05) is 31.1 Å². The van der Waals surface area contributed by atoms with E-state index in [-0.39, 0.29) is 5.41 Å². The lowest BCUT2D eigenvalue weighted by molar-refractivity contribution is -0.126. The van der Waals surface area contributed by atoms with Crippen molar-refractivity contribution in [2.75, 3.05) is 13.1 Å². The summed E-state index contributed by atoms with van der Waals surface area (Å²) in [6.45, 7) is 5.76. The van der Waals surface area contributed by atoms with Crippen LogP contribution in [0.5, 0.6) is 0 Å². The quantitative estimate of drug-likeness (QED) is 0.822. The van der Waals surface area contributed by atoms with Crippen molar-refractivity contribution < 1.29 is 4.79 Å². The van der Waals surface area contributed by atoms with E-state index in [2.05, 4.69) is 17.3 Å². The zero-order valence-electron chi connectivity index (χ0n) is 10.2. The second-order valence-electron chi connectivity index (χ2n) is 4.99. The van der Waals surface area contributed by atoms with Crippen LogP contribution in [-0.2, 0) is 18.3 Å². The van der Waals surface area contributed by atoms with E-state index in [9.17, 15) is 4.79 Å². The number of hydrogen-bond donors (Lipinski definition) is 1. The molecule has 0 spiro atoms. The number of ketones is 1. The number of hydrogen-bond acceptors (Lipinski definition) is 3. The molecular weight excluding hydrogens is 202 g/mol. The summed E-state index contributed by atoms with van der Waals surface area (Å²) < 4.78 is 1.80. The number of carbonyl (C=O) groups excluding carboxylic acids is 1. The second kappa shape index (κ2) is 4.01. The van der Waals surface area contributed by atoms with Gasteiger partial charge in [-0.2, -0.15) is 5.10 Å². The van der Waals surface area contributed by atoms with Gasteiger partial charge < -0.3 is 5.32 Å². The number of Topliss-reactive ketones (excluding diaryl/α,β-unsaturated/α-hetero) is 1. The molecule has 0 aliphatic carbocycles. The van der Waals surface area contributed by atoms with Crippen molar-refractivity contribution in [3.8, 4) is 0 Å². The first kappa shape index (κ1) is 11.3. The smallest absolute Gasteiger partial charge is 0.145 e. The molecule has 1 saturated heterocycles. The number of nitrogens with one attached hydrogen (secondary N) is 1. The molecule has 2 rings (SSSR count). The highest BCUT2D eigenvalue weighted by molar-refractivity contribution is 5.86. The molecule has 1 atom stereocenters. The summed E-state index contributed by atoms with van der Waals surface area (Å²) in [6, 6.07) is 1.99. The summed E-state index contributed by atoms with van der Waals surface area (Å²) >= 11 is 0. The minimum absolute atomic E-state index is 0.182. The Morgan fingerprint density at radius 2 is 2.44 bits per heavy atom. The molecule has 1 unspecified atom stereocenters. The van der Waals surface area contributed by atoms with Gasteiger partial charge in [0.15, 0.2) is 0 Å². The normalized spacial score (nSPS) is 24.9. The third kappa shape index (κ3) is 2.02. The lowest BCUT2D eigenvalue weighted by Crippen LogP contribution is -2.32. The molecule has 1 aliphatic heterocycles. The van der Waals surface area contributed by atoms with Crippen molar-refractivity contribution in [2.24, 2.45) is 12.5 Å². The van der Waals surface area contributed by atoms with Crippen LogP contribution in [0.3, 0.4) is 0 Å². The molecule has 4 heteroatoms. The second-order valence-corrected chi connectivity index (χ2v) is 4.99. The molecule has 0 saturated carbocycles. The first-order valence-electron chi connectivity index (χ1n) is 5.75. The molecule has 1 fully saturated rings. The summed E-state index contributed by atoms with van der Waals surface area (Å²) in [4.78, 5) is 12.2. The van der Waals surface area contributed by atoms with Gasteiger partial charge in [-0.25, -0.2) is 0 Å². The lowest BCUT2D eigenvalue weighted by Gasteiger charge is -2.20. The van der Waals surface area contributed by atoms with Gasteiger partial charge in [0.05, 0.1) is 5.69 Å². The van der Waals surface area contributed by atoms with Crippen molar-refractivity contribution in [3.05, 3.63) is 17.5 Å². The number of carbonyl (C=O) groups is 1. The Hall–Kier alpha value is -1.16. The predicted molar refractivity (Wildman–Crippen MR) is 62.2 cm³/mol. The standard InChI is InChI=1S/C12H19N3O/c1-9-6-10(15(3)14-9)7-11(16)12(2)4-5-13-8-12/h6,13H,4-5,7-8H2,1-3H3. The van der Waals surface area contributed by atoms with Crippen LogP contribution in [0.1, 0.15) is 24.7 Å². The zero-order valence-corrected chi connectivity index (χ0v) is 10.2. The van der Waals surface area contributed by atoms with Crippen LogP contribution in [0.2, 0.25) is 0 Å². The highest BCUT2D eigenvalue weighted by Crippen LogP contribution is 2.27. The van der Waals surface area contributed by atoms with Crippen LogP contribution in [-0.4, -0.2) is 28.7 Å². The fourth-order valence-electron chi connectivity index (χ4n) is 2.26. The Labute approximate surface area is 96.0 Å². The molecule has 0 bridgehead atoms. The monoisotopic (exact) mass is 221 g/mol. The maximum atomic E-state index is 12.2. The van der Waals surface area contributed by atoms with Gasteiger partial charge >= 0.3 is 0 Å². The number of rotatable bonds is 3. The van der Waals surface area contributed by atoms with E-state index < -0.39 is 0 Å². The average Bonchev–Trinajstić information content (AvgIpc) is 2.75. The van der Waals surface area contributed by atoms with Crippen molar-refractivity contribution in [1.29, 1.82) is 0 Å². The van der Waals surface area contributed by atoms with E-state index in [1.54, 1.807) is 4.68 Å². The van der Waals surface area contributed by atoms with E-state index in [0.717, 1.165) is 30.9 Å². The van der Waals surface area contributed by atoms with Gasteiger partial charge in [-0.3, -0.25) is 9.48 Å². The molecule has 0 radical (unpaired) electrons. The molecule has 0 aromatic carbocycles. The van der Waals surface area contributed by atoms with Crippen molar-refractivity contribution in [3.63, 3.8) is 0 Å². The molecule has 1 N–H and O–H groups in total. The molecule has 4 nitrogen and oxygen atoms in total. The van der Waals surface area contributed by atoms with Crippen LogP contribution >= 0.6 is 0 Å². The molecule has 88 valence electrons. The SMILES string of the molecule is Cc1cc(CC(=O)C2(C)CCNC2)n(C)n1. The van der Waals surface area contributed by atoms with E-state index in [0.29, 0.717) is 12.2 Å². The Balaban J connectivity index is 2.10. The van der Waals surface area contributed by atoms with Crippen LogP contribution in [0, 0.1) is 12.3 Å². The molecule has 1 aromatic rings. The Kier molecular flexibility index (Phi) is 2.84. The van der Waals surface area contributed by atoms with E-state index in [4.69, 9.17) is 0 Å². The Morgan fingerprint density at radius 3 is 2.94 bits per heavy atom. The average molecular weight is 221 g/mol. The highest BCUT2D eigenvalue weighted by atomic mass is 16.1. The van der Waals surface area contributed by atoms with Gasteiger partial charge in [0.25, 0.3) is 0 Å². The van der Waals surface area contributed by atoms with Crippen LogP contribution in [0.25, 0.3) is 0 Å². The summed E-state index contributed by atoms with van der Waals surface area (Å²) in [6.07, 6.45) is 1.44. The molecule has 1 aliphatic rings. The van der Waals surface area contributed by atoms with Gasteiger partial charge in [0.1, 0.15) is 5.78 Å². The van der Waals surface area contributed by atoms with Crippen LogP contribution < -0.4 is 5.32 Å². The maximum Gasteiger partial charge on any atom is 0.145 e. The largest absolute Gasteiger partial charge is 0.316 e. The number of aryl methyl sites for hydroxylation is 2. The third-order valence-corrected chi connectivity index (χ3v) is 3.48. The van der Waals surface area contributed by atoms with E-state index in [1.165, 1.54) is 0 Å². The number of nitrogens with zero attached hydrogens (tertiary/aromatic N) is 2. The topological polar surface area (TPSA) is 46.9 Å². The fraction of sp³-hybridized carbons (Fsp3) is 0.667. The highest BCUT2D eigenvalue weighted by Gasteiger charge is 2.35. The molecule has 0 amide bonds. The van der Waals surface area contributed by atoms with Gasteiger partial charge in [0.2, 0.25) is 0 Å². The Bertz CT molecular complexity index is 402. The summed E-state index contributed by atoms with van der Waals surface area (Å²) in [5.41, 5.74) is 1.80. The molecule has 16 heavy (non-hydrogen) atoms. The van der Waals surface area contributed by atoms with Gasteiger partial charge in [-0.15, -0.1) is 0 Å². The summed E-state index contributed by atoms with van der Waals surface area (Å²) in [5.74, 6) is 0.320. The van der Waals surface area contributed by atoms with Crippen molar-refractivity contribution >= 4 is 5.78 Å². The lowest BCUT2D eigenvalue weighted by atomic mass is 9.83. The van der Waals surface area contributed by atoms with Crippen LogP contribution in [0.15, 0.2) is 6.07 Å². The zero-order chi connectivity index (χ0) is 11.8. The van der Waals surface area contributed by atoms with Crippen molar-refractivity contribution in [2.45, 2.75) is 26.7 Å². The third-order valence-electron chi connectivity index (χ3n) is 3.48. The van der Waals surface area contributed by atoms with Gasteiger partial charge in [-0.05, 0) is 26.0 Å². The van der Waals surface area contributed by atoms with E-state index >= 15 is 0 Å². The molecule has 1 aromatic heterocycles. The Morgan fingerprint density at radius 1 is 1.69 bits per heavy atom. The first-order chi connectivity index (χ1) is 7.51. The first-order valence-corrected chi connectivity index (χ1v) is 5.75. The number of aromatic nitrogens is 2. The molecule has 2 heterocycles. The minimum Gasteiger partial charge on any atom is -0.316 e. The van der Waals surface area contributed by atoms with Crippen molar-refractivity contribution in [1.82, 2.24) is 15.1 Å². The van der Waals surface area contributed by atoms with E-state index in [1.807, 2.05) is 20.0 Å².